The average molecular weight is 335 g/mol. The molecule has 0 bridgehead atoms. The normalized spacial score (nSPS) is 10.9. The first kappa shape index (κ1) is 13.1. The molecule has 0 atom stereocenters. The lowest BCUT2D eigenvalue weighted by atomic mass is 10.1. The average Bonchev–Trinajstić information content (AvgIpc) is 2.15. The van der Waals surface area contributed by atoms with Crippen molar-refractivity contribution in [3.05, 3.63) is 27.8 Å². The summed E-state index contributed by atoms with van der Waals surface area (Å²) < 4.78 is 11.5. The number of primary amides is 1. The van der Waals surface area contributed by atoms with Crippen molar-refractivity contribution >= 4 is 28.7 Å². The van der Waals surface area contributed by atoms with Crippen LogP contribution < -0.4 is 10.5 Å². The van der Waals surface area contributed by atoms with Gasteiger partial charge in [-0.25, -0.2) is 4.79 Å². The summed E-state index contributed by atoms with van der Waals surface area (Å²) in [6.45, 7) is 3.74. The Kier molecular flexibility index (Phi) is 4.40. The van der Waals surface area contributed by atoms with Gasteiger partial charge in [0.15, 0.2) is 0 Å². The van der Waals surface area contributed by atoms with Gasteiger partial charge in [-0.3, -0.25) is 0 Å². The van der Waals surface area contributed by atoms with Gasteiger partial charge < -0.3 is 15.2 Å². The minimum Gasteiger partial charge on any atom is -0.489 e. The van der Waals surface area contributed by atoms with Gasteiger partial charge in [0.25, 0.3) is 0 Å². The molecule has 0 saturated heterocycles. The molecule has 0 aliphatic heterocycles. The number of nitrogens with two attached hydrogens (primary N) is 1. The van der Waals surface area contributed by atoms with Gasteiger partial charge in [-0.2, -0.15) is 0 Å². The number of rotatable bonds is 4. The molecule has 0 radical (unpaired) electrons. The number of carbonyl (C=O) groups is 1. The van der Waals surface area contributed by atoms with Gasteiger partial charge in [-0.05, 0) is 60.7 Å². The largest absolute Gasteiger partial charge is 0.489 e. The smallest absolute Gasteiger partial charge is 0.405 e. The predicted molar refractivity (Wildman–Crippen MR) is 69.4 cm³/mol. The zero-order valence-corrected chi connectivity index (χ0v) is 11.4. The SMILES string of the molecule is CC(C)(COc1ccc(I)cc1)OC(N)=O. The summed E-state index contributed by atoms with van der Waals surface area (Å²) in [6.07, 6.45) is -0.795. The summed E-state index contributed by atoms with van der Waals surface area (Å²) in [7, 11) is 0. The minimum atomic E-state index is -0.795. The zero-order valence-electron chi connectivity index (χ0n) is 9.20. The van der Waals surface area contributed by atoms with Crippen LogP contribution in [0.15, 0.2) is 24.3 Å². The maximum atomic E-state index is 10.6. The van der Waals surface area contributed by atoms with Crippen molar-refractivity contribution < 1.29 is 14.3 Å². The number of amides is 1. The van der Waals surface area contributed by atoms with Gasteiger partial charge in [0.2, 0.25) is 0 Å². The van der Waals surface area contributed by atoms with E-state index < -0.39 is 11.7 Å². The topological polar surface area (TPSA) is 61.6 Å². The summed E-state index contributed by atoms with van der Waals surface area (Å²) in [5.74, 6) is 0.738. The fourth-order valence-electron chi connectivity index (χ4n) is 1.09. The number of ether oxygens (including phenoxy) is 2. The van der Waals surface area contributed by atoms with Crippen molar-refractivity contribution in [3.8, 4) is 5.75 Å². The van der Waals surface area contributed by atoms with Crippen LogP contribution in [0.3, 0.4) is 0 Å². The first-order chi connectivity index (χ1) is 7.39. The Hall–Kier alpha value is -0.980. The van der Waals surface area contributed by atoms with E-state index >= 15 is 0 Å². The maximum Gasteiger partial charge on any atom is 0.405 e. The molecule has 0 aliphatic carbocycles. The number of carbonyl (C=O) groups excluding carboxylic acids is 1. The summed E-state index contributed by atoms with van der Waals surface area (Å²) in [5, 5.41) is 0. The molecule has 0 unspecified atom stereocenters. The Balaban J connectivity index is 2.50. The van der Waals surface area contributed by atoms with Gasteiger partial charge >= 0.3 is 6.09 Å². The Morgan fingerprint density at radius 1 is 1.38 bits per heavy atom. The number of hydrogen-bond acceptors (Lipinski definition) is 3. The fraction of sp³-hybridized carbons (Fsp3) is 0.364. The van der Waals surface area contributed by atoms with Gasteiger partial charge in [0.05, 0.1) is 0 Å². The lowest BCUT2D eigenvalue weighted by Crippen LogP contribution is -2.36. The first-order valence-corrected chi connectivity index (χ1v) is 5.84. The van der Waals surface area contributed by atoms with E-state index in [2.05, 4.69) is 22.6 Å². The van der Waals surface area contributed by atoms with Crippen LogP contribution in [0.4, 0.5) is 4.79 Å². The molecule has 5 heteroatoms. The van der Waals surface area contributed by atoms with Crippen molar-refractivity contribution in [2.45, 2.75) is 19.4 Å². The van der Waals surface area contributed by atoms with Crippen LogP contribution in [0.5, 0.6) is 5.75 Å². The van der Waals surface area contributed by atoms with Crippen molar-refractivity contribution in [2.24, 2.45) is 5.73 Å². The van der Waals surface area contributed by atoms with E-state index in [4.69, 9.17) is 15.2 Å². The molecule has 1 aromatic carbocycles. The van der Waals surface area contributed by atoms with Crippen molar-refractivity contribution in [1.29, 1.82) is 0 Å². The van der Waals surface area contributed by atoms with Gasteiger partial charge in [-0.15, -0.1) is 0 Å². The van der Waals surface area contributed by atoms with Crippen LogP contribution in [0.1, 0.15) is 13.8 Å². The Morgan fingerprint density at radius 3 is 2.44 bits per heavy atom. The van der Waals surface area contributed by atoms with E-state index in [-0.39, 0.29) is 6.61 Å². The molecule has 2 N–H and O–H groups in total. The van der Waals surface area contributed by atoms with E-state index in [1.54, 1.807) is 13.8 Å². The van der Waals surface area contributed by atoms with E-state index in [1.807, 2.05) is 24.3 Å². The van der Waals surface area contributed by atoms with Crippen LogP contribution in [0, 0.1) is 3.57 Å². The molecule has 0 saturated carbocycles. The molecule has 0 heterocycles. The summed E-state index contributed by atoms with van der Waals surface area (Å²) >= 11 is 2.22. The van der Waals surface area contributed by atoms with Crippen LogP contribution in [0.25, 0.3) is 0 Å². The quantitative estimate of drug-likeness (QED) is 0.860. The second kappa shape index (κ2) is 5.38. The third-order valence-corrected chi connectivity index (χ3v) is 2.50. The van der Waals surface area contributed by atoms with E-state index in [0.29, 0.717) is 0 Å². The number of halogens is 1. The second-order valence-corrected chi connectivity index (χ2v) is 5.17. The molecule has 0 fully saturated rings. The number of hydrogen-bond donors (Lipinski definition) is 1. The van der Waals surface area contributed by atoms with E-state index in [1.165, 1.54) is 0 Å². The Morgan fingerprint density at radius 2 is 1.94 bits per heavy atom. The fourth-order valence-corrected chi connectivity index (χ4v) is 1.45. The third kappa shape index (κ3) is 4.69. The summed E-state index contributed by atoms with van der Waals surface area (Å²) in [4.78, 5) is 10.6. The van der Waals surface area contributed by atoms with Crippen LogP contribution in [-0.2, 0) is 4.74 Å². The van der Waals surface area contributed by atoms with Crippen LogP contribution in [-0.4, -0.2) is 18.3 Å². The molecule has 1 rings (SSSR count). The molecular formula is C11H14INO3. The molecular weight excluding hydrogens is 321 g/mol. The second-order valence-electron chi connectivity index (χ2n) is 3.92. The molecule has 88 valence electrons. The van der Waals surface area contributed by atoms with Gasteiger partial charge in [-0.1, -0.05) is 0 Å². The van der Waals surface area contributed by atoms with Crippen molar-refractivity contribution in [1.82, 2.24) is 0 Å². The van der Waals surface area contributed by atoms with Crippen molar-refractivity contribution in [3.63, 3.8) is 0 Å². The molecule has 1 amide bonds. The van der Waals surface area contributed by atoms with E-state index in [0.717, 1.165) is 9.32 Å². The minimum absolute atomic E-state index is 0.260. The highest BCUT2D eigenvalue weighted by Gasteiger charge is 2.22. The van der Waals surface area contributed by atoms with Gasteiger partial charge in [0.1, 0.15) is 18.0 Å². The zero-order chi connectivity index (χ0) is 12.2. The predicted octanol–water partition coefficient (Wildman–Crippen LogP) is 2.54. The number of benzene rings is 1. The van der Waals surface area contributed by atoms with Crippen LogP contribution >= 0.6 is 22.6 Å². The van der Waals surface area contributed by atoms with Gasteiger partial charge in [0, 0.05) is 3.57 Å². The highest BCUT2D eigenvalue weighted by Crippen LogP contribution is 2.16. The Labute approximate surface area is 108 Å². The molecule has 0 aromatic heterocycles. The highest BCUT2D eigenvalue weighted by atomic mass is 127. The van der Waals surface area contributed by atoms with Crippen LogP contribution in [0.2, 0.25) is 0 Å². The molecule has 4 nitrogen and oxygen atoms in total. The Bertz CT molecular complexity index is 362. The first-order valence-electron chi connectivity index (χ1n) is 4.76. The monoisotopic (exact) mass is 335 g/mol. The maximum absolute atomic E-state index is 10.6. The molecule has 1 aromatic rings. The van der Waals surface area contributed by atoms with E-state index in [9.17, 15) is 4.79 Å². The summed E-state index contributed by atoms with van der Waals surface area (Å²) in [6, 6.07) is 7.61. The summed E-state index contributed by atoms with van der Waals surface area (Å²) in [5.41, 5.74) is 4.22. The highest BCUT2D eigenvalue weighted by molar-refractivity contribution is 14.1. The molecule has 0 aliphatic rings. The standard InChI is InChI=1S/C11H14INO3/c1-11(2,16-10(13)14)7-15-9-5-3-8(12)4-6-9/h3-6H,7H2,1-2H3,(H2,13,14). The van der Waals surface area contributed by atoms with Crippen molar-refractivity contribution in [2.75, 3.05) is 6.61 Å². The lowest BCUT2D eigenvalue weighted by Gasteiger charge is -2.23. The third-order valence-electron chi connectivity index (χ3n) is 1.78. The lowest BCUT2D eigenvalue weighted by molar-refractivity contribution is 0.00926. The molecule has 0 spiro atoms. The molecule has 16 heavy (non-hydrogen) atoms.